The zero-order chi connectivity index (χ0) is 13.9. The van der Waals surface area contributed by atoms with Crippen molar-refractivity contribution in [3.05, 3.63) is 29.3 Å². The van der Waals surface area contributed by atoms with E-state index in [1.807, 2.05) is 13.8 Å². The van der Waals surface area contributed by atoms with Crippen LogP contribution in [0.15, 0.2) is 12.1 Å². The van der Waals surface area contributed by atoms with Crippen LogP contribution in [-0.2, 0) is 0 Å². The number of nitrogens with zero attached hydrogens (tertiary/aromatic N) is 1. The summed E-state index contributed by atoms with van der Waals surface area (Å²) in [5, 5.41) is 0. The zero-order valence-corrected chi connectivity index (χ0v) is 10.8. The fourth-order valence-electron chi connectivity index (χ4n) is 1.61. The fourth-order valence-corrected chi connectivity index (χ4v) is 1.61. The Morgan fingerprint density at radius 3 is 2.56 bits per heavy atom. The predicted molar refractivity (Wildman–Crippen MR) is 67.2 cm³/mol. The van der Waals surface area contributed by atoms with Gasteiger partial charge in [0.1, 0.15) is 11.6 Å². The van der Waals surface area contributed by atoms with Crippen LogP contribution in [0.5, 0.6) is 0 Å². The van der Waals surface area contributed by atoms with Crippen molar-refractivity contribution in [2.75, 3.05) is 19.3 Å². The minimum absolute atomic E-state index is 0.195. The summed E-state index contributed by atoms with van der Waals surface area (Å²) >= 11 is 0. The Kier molecular flexibility index (Phi) is 4.64. The molecule has 0 saturated heterocycles. The molecule has 0 spiro atoms. The Bertz CT molecular complexity index is 449. The molecule has 0 aliphatic heterocycles. The van der Waals surface area contributed by atoms with Crippen molar-refractivity contribution in [1.82, 2.24) is 4.90 Å². The van der Waals surface area contributed by atoms with Crippen molar-refractivity contribution in [2.24, 2.45) is 5.92 Å². The topological polar surface area (TPSA) is 46.3 Å². The predicted octanol–water partition coefficient (Wildman–Crippen LogP) is 2.67. The molecule has 0 aromatic heterocycles. The van der Waals surface area contributed by atoms with Crippen LogP contribution in [-0.4, -0.2) is 24.4 Å². The second-order valence-corrected chi connectivity index (χ2v) is 4.55. The molecule has 100 valence electrons. The highest BCUT2D eigenvalue weighted by Gasteiger charge is 2.19. The van der Waals surface area contributed by atoms with Gasteiger partial charge in [0.15, 0.2) is 0 Å². The van der Waals surface area contributed by atoms with Crippen molar-refractivity contribution in [1.29, 1.82) is 0 Å². The summed E-state index contributed by atoms with van der Waals surface area (Å²) in [6.45, 7) is 4.53. The number of hydrogen-bond acceptors (Lipinski definition) is 2. The van der Waals surface area contributed by atoms with E-state index in [1.54, 1.807) is 7.05 Å². The van der Waals surface area contributed by atoms with Crippen LogP contribution in [0, 0.1) is 17.6 Å². The molecule has 3 nitrogen and oxygen atoms in total. The number of nitrogens with two attached hydrogens (primary N) is 1. The van der Waals surface area contributed by atoms with Gasteiger partial charge in [-0.2, -0.15) is 0 Å². The average Bonchev–Trinajstić information content (AvgIpc) is 2.32. The minimum atomic E-state index is -0.886. The molecule has 0 saturated carbocycles. The van der Waals surface area contributed by atoms with Gasteiger partial charge in [0, 0.05) is 19.7 Å². The lowest BCUT2D eigenvalue weighted by Gasteiger charge is -2.21. The van der Waals surface area contributed by atoms with Gasteiger partial charge in [0.25, 0.3) is 5.91 Å². The Balaban J connectivity index is 2.93. The van der Waals surface area contributed by atoms with Gasteiger partial charge in [-0.3, -0.25) is 4.79 Å². The van der Waals surface area contributed by atoms with Crippen molar-refractivity contribution in [2.45, 2.75) is 20.3 Å². The standard InChI is InChI=1S/C13H18F2N2O/c1-4-8(2)7-17(3)13(18)9-5-12(16)11(15)6-10(9)14/h5-6,8H,4,7,16H2,1-3H3. The summed E-state index contributed by atoms with van der Waals surface area (Å²) in [6, 6.07) is 1.68. The van der Waals surface area contributed by atoms with Gasteiger partial charge in [-0.1, -0.05) is 20.3 Å². The third-order valence-electron chi connectivity index (χ3n) is 2.95. The number of carbonyl (C=O) groups is 1. The van der Waals surface area contributed by atoms with Gasteiger partial charge < -0.3 is 10.6 Å². The molecule has 0 aliphatic carbocycles. The number of anilines is 1. The molecule has 1 unspecified atom stereocenters. The van der Waals surface area contributed by atoms with Crippen LogP contribution in [0.2, 0.25) is 0 Å². The molecule has 1 rings (SSSR count). The Labute approximate surface area is 106 Å². The summed E-state index contributed by atoms with van der Waals surface area (Å²) in [5.41, 5.74) is 4.92. The summed E-state index contributed by atoms with van der Waals surface area (Å²) < 4.78 is 26.5. The van der Waals surface area contributed by atoms with Gasteiger partial charge in [0.2, 0.25) is 0 Å². The Morgan fingerprint density at radius 1 is 1.39 bits per heavy atom. The second-order valence-electron chi connectivity index (χ2n) is 4.55. The minimum Gasteiger partial charge on any atom is -0.396 e. The molecule has 1 atom stereocenters. The van der Waals surface area contributed by atoms with Crippen molar-refractivity contribution in [3.8, 4) is 0 Å². The summed E-state index contributed by atoms with van der Waals surface area (Å²) in [4.78, 5) is 13.4. The van der Waals surface area contributed by atoms with E-state index in [1.165, 1.54) is 4.90 Å². The normalized spacial score (nSPS) is 12.3. The monoisotopic (exact) mass is 256 g/mol. The molecule has 1 amide bonds. The van der Waals surface area contributed by atoms with E-state index in [0.29, 0.717) is 18.5 Å². The van der Waals surface area contributed by atoms with Crippen LogP contribution < -0.4 is 5.73 Å². The lowest BCUT2D eigenvalue weighted by molar-refractivity contribution is 0.0770. The molecule has 0 aliphatic rings. The van der Waals surface area contributed by atoms with E-state index in [2.05, 4.69) is 0 Å². The van der Waals surface area contributed by atoms with E-state index >= 15 is 0 Å². The molecule has 0 heterocycles. The molecule has 0 radical (unpaired) electrons. The maximum atomic E-state index is 13.5. The SMILES string of the molecule is CCC(C)CN(C)C(=O)c1cc(N)c(F)cc1F. The highest BCUT2D eigenvalue weighted by molar-refractivity contribution is 5.95. The molecule has 2 N–H and O–H groups in total. The first-order valence-corrected chi connectivity index (χ1v) is 5.86. The van der Waals surface area contributed by atoms with Crippen molar-refractivity contribution in [3.63, 3.8) is 0 Å². The van der Waals surface area contributed by atoms with E-state index in [0.717, 1.165) is 12.5 Å². The van der Waals surface area contributed by atoms with E-state index in [4.69, 9.17) is 5.73 Å². The maximum Gasteiger partial charge on any atom is 0.256 e. The van der Waals surface area contributed by atoms with Gasteiger partial charge >= 0.3 is 0 Å². The molecule has 0 bridgehead atoms. The summed E-state index contributed by atoms with van der Waals surface area (Å²) in [5.74, 6) is -1.91. The third-order valence-corrected chi connectivity index (χ3v) is 2.95. The highest BCUT2D eigenvalue weighted by Crippen LogP contribution is 2.18. The first kappa shape index (κ1) is 14.4. The van der Waals surface area contributed by atoms with Crippen LogP contribution >= 0.6 is 0 Å². The Hall–Kier alpha value is -1.65. The molecule has 1 aromatic rings. The van der Waals surface area contributed by atoms with E-state index in [9.17, 15) is 13.6 Å². The molecule has 18 heavy (non-hydrogen) atoms. The number of benzene rings is 1. The van der Waals surface area contributed by atoms with E-state index < -0.39 is 17.5 Å². The lowest BCUT2D eigenvalue weighted by Crippen LogP contribution is -2.31. The molecule has 5 heteroatoms. The van der Waals surface area contributed by atoms with E-state index in [-0.39, 0.29) is 11.3 Å². The van der Waals surface area contributed by atoms with Crippen molar-refractivity contribution >= 4 is 11.6 Å². The quantitative estimate of drug-likeness (QED) is 0.842. The lowest BCUT2D eigenvalue weighted by atomic mass is 10.1. The van der Waals surface area contributed by atoms with Gasteiger partial charge in [0.05, 0.1) is 11.3 Å². The molecular formula is C13H18F2N2O. The molecular weight excluding hydrogens is 238 g/mol. The van der Waals surface area contributed by atoms with Crippen LogP contribution in [0.3, 0.4) is 0 Å². The number of amides is 1. The van der Waals surface area contributed by atoms with Crippen LogP contribution in [0.4, 0.5) is 14.5 Å². The smallest absolute Gasteiger partial charge is 0.256 e. The van der Waals surface area contributed by atoms with Crippen LogP contribution in [0.1, 0.15) is 30.6 Å². The zero-order valence-electron chi connectivity index (χ0n) is 10.8. The first-order valence-electron chi connectivity index (χ1n) is 5.86. The summed E-state index contributed by atoms with van der Waals surface area (Å²) in [7, 11) is 1.59. The molecule has 0 fully saturated rings. The second kappa shape index (κ2) is 5.80. The van der Waals surface area contributed by atoms with Gasteiger partial charge in [-0.05, 0) is 12.0 Å². The number of carbonyl (C=O) groups excluding carboxylic acids is 1. The van der Waals surface area contributed by atoms with Crippen LogP contribution in [0.25, 0.3) is 0 Å². The third kappa shape index (κ3) is 3.18. The average molecular weight is 256 g/mol. The number of hydrogen-bond donors (Lipinski definition) is 1. The number of rotatable bonds is 4. The maximum absolute atomic E-state index is 13.5. The van der Waals surface area contributed by atoms with Crippen molar-refractivity contribution < 1.29 is 13.6 Å². The largest absolute Gasteiger partial charge is 0.396 e. The first-order chi connectivity index (χ1) is 8.36. The van der Waals surface area contributed by atoms with Gasteiger partial charge in [-0.25, -0.2) is 8.78 Å². The fraction of sp³-hybridized carbons (Fsp3) is 0.462. The Morgan fingerprint density at radius 2 is 2.00 bits per heavy atom. The highest BCUT2D eigenvalue weighted by atomic mass is 19.1. The number of halogens is 2. The van der Waals surface area contributed by atoms with Gasteiger partial charge in [-0.15, -0.1) is 0 Å². The molecule has 1 aromatic carbocycles. The summed E-state index contributed by atoms with van der Waals surface area (Å²) in [6.07, 6.45) is 0.922. The number of nitrogen functional groups attached to an aromatic ring is 1.